The van der Waals surface area contributed by atoms with Gasteiger partial charge in [-0.3, -0.25) is 0 Å². The zero-order valence-electron chi connectivity index (χ0n) is 12.8. The number of hydrogen-bond acceptors (Lipinski definition) is 2. The molecule has 2 aliphatic rings. The summed E-state index contributed by atoms with van der Waals surface area (Å²) in [5, 5.41) is 3.97. The highest BCUT2D eigenvalue weighted by atomic mass is 16.5. The largest absolute Gasteiger partial charge is 0.381 e. The van der Waals surface area contributed by atoms with Gasteiger partial charge in [0.2, 0.25) is 0 Å². The number of ether oxygens (including phenoxy) is 1. The molecule has 2 saturated carbocycles. The second-order valence-electron chi connectivity index (χ2n) is 6.59. The molecule has 0 aliphatic heterocycles. The molecule has 0 aromatic rings. The van der Waals surface area contributed by atoms with Gasteiger partial charge in [0.05, 0.1) is 0 Å². The Kier molecular flexibility index (Phi) is 7.23. The summed E-state index contributed by atoms with van der Waals surface area (Å²) >= 11 is 0. The fourth-order valence-corrected chi connectivity index (χ4v) is 3.78. The molecule has 2 heteroatoms. The van der Waals surface area contributed by atoms with Gasteiger partial charge in [-0.2, -0.15) is 0 Å². The summed E-state index contributed by atoms with van der Waals surface area (Å²) in [7, 11) is 0. The average Bonchev–Trinajstić information content (AvgIpc) is 2.80. The third-order valence-electron chi connectivity index (χ3n) is 4.97. The van der Waals surface area contributed by atoms with Crippen LogP contribution in [0.1, 0.15) is 77.6 Å². The Bertz CT molecular complexity index is 223. The van der Waals surface area contributed by atoms with Crippen molar-refractivity contribution in [1.82, 2.24) is 5.32 Å². The minimum absolute atomic E-state index is 0.787. The standard InChI is InChI=1S/C17H33NO/c1-2-19-14-15-8-7-11-17(13-12-15)18-16-9-5-3-4-6-10-16/h15-18H,2-14H2,1H3/t15-,17-/m1/s1. The van der Waals surface area contributed by atoms with Crippen LogP contribution >= 0.6 is 0 Å². The first-order valence-corrected chi connectivity index (χ1v) is 8.72. The molecule has 2 aliphatic carbocycles. The Morgan fingerprint density at radius 1 is 0.789 bits per heavy atom. The number of nitrogens with one attached hydrogen (secondary N) is 1. The summed E-state index contributed by atoms with van der Waals surface area (Å²) in [6, 6.07) is 1.60. The van der Waals surface area contributed by atoms with Gasteiger partial charge in [-0.1, -0.05) is 32.1 Å². The molecule has 0 heterocycles. The van der Waals surface area contributed by atoms with E-state index in [-0.39, 0.29) is 0 Å². The molecule has 0 saturated heterocycles. The van der Waals surface area contributed by atoms with Crippen LogP contribution < -0.4 is 5.32 Å². The second kappa shape index (κ2) is 8.97. The van der Waals surface area contributed by atoms with E-state index in [2.05, 4.69) is 12.2 Å². The molecule has 0 bridgehead atoms. The Hall–Kier alpha value is -0.0800. The molecule has 0 aromatic carbocycles. The van der Waals surface area contributed by atoms with E-state index in [0.717, 1.165) is 31.2 Å². The predicted octanol–water partition coefficient (Wildman–Crippen LogP) is 4.28. The molecule has 0 unspecified atom stereocenters. The van der Waals surface area contributed by atoms with E-state index in [1.807, 2.05) is 0 Å². The van der Waals surface area contributed by atoms with E-state index in [4.69, 9.17) is 4.74 Å². The summed E-state index contributed by atoms with van der Waals surface area (Å²) in [5.41, 5.74) is 0. The molecule has 2 fully saturated rings. The molecular weight excluding hydrogens is 234 g/mol. The first-order valence-electron chi connectivity index (χ1n) is 8.72. The molecule has 2 nitrogen and oxygen atoms in total. The lowest BCUT2D eigenvalue weighted by Gasteiger charge is -2.24. The van der Waals surface area contributed by atoms with Crippen molar-refractivity contribution in [1.29, 1.82) is 0 Å². The summed E-state index contributed by atoms with van der Waals surface area (Å²) in [5.74, 6) is 0.820. The van der Waals surface area contributed by atoms with Crippen LogP contribution in [-0.2, 0) is 4.74 Å². The van der Waals surface area contributed by atoms with Gasteiger partial charge in [0.25, 0.3) is 0 Å². The van der Waals surface area contributed by atoms with Crippen LogP contribution in [-0.4, -0.2) is 25.3 Å². The van der Waals surface area contributed by atoms with Crippen molar-refractivity contribution in [2.75, 3.05) is 13.2 Å². The zero-order valence-corrected chi connectivity index (χ0v) is 12.8. The highest BCUT2D eigenvalue weighted by Crippen LogP contribution is 2.25. The Morgan fingerprint density at radius 2 is 1.47 bits per heavy atom. The van der Waals surface area contributed by atoms with Crippen LogP contribution in [0.4, 0.5) is 0 Å². The fourth-order valence-electron chi connectivity index (χ4n) is 3.78. The third kappa shape index (κ3) is 5.83. The normalized spacial score (nSPS) is 30.8. The summed E-state index contributed by atoms with van der Waals surface area (Å²) in [6.45, 7) is 3.97. The SMILES string of the molecule is CCOC[C@@H]1CCC[C@@H](NC2CCCCCC2)CC1. The van der Waals surface area contributed by atoms with Crippen molar-refractivity contribution in [2.45, 2.75) is 89.6 Å². The molecule has 0 spiro atoms. The maximum atomic E-state index is 5.61. The summed E-state index contributed by atoms with van der Waals surface area (Å²) in [6.07, 6.45) is 15.5. The van der Waals surface area contributed by atoms with Crippen molar-refractivity contribution < 1.29 is 4.74 Å². The van der Waals surface area contributed by atoms with Crippen molar-refractivity contribution in [2.24, 2.45) is 5.92 Å². The van der Waals surface area contributed by atoms with Gasteiger partial charge in [-0.25, -0.2) is 0 Å². The lowest BCUT2D eigenvalue weighted by molar-refractivity contribution is 0.104. The van der Waals surface area contributed by atoms with E-state index in [0.29, 0.717) is 0 Å². The van der Waals surface area contributed by atoms with Crippen molar-refractivity contribution in [3.63, 3.8) is 0 Å². The minimum atomic E-state index is 0.787. The van der Waals surface area contributed by atoms with Crippen LogP contribution in [0.2, 0.25) is 0 Å². The summed E-state index contributed by atoms with van der Waals surface area (Å²) < 4.78 is 5.61. The first-order chi connectivity index (χ1) is 9.38. The molecule has 19 heavy (non-hydrogen) atoms. The van der Waals surface area contributed by atoms with Crippen molar-refractivity contribution in [3.05, 3.63) is 0 Å². The van der Waals surface area contributed by atoms with Gasteiger partial charge < -0.3 is 10.1 Å². The van der Waals surface area contributed by atoms with Crippen LogP contribution in [0.3, 0.4) is 0 Å². The number of rotatable bonds is 5. The highest BCUT2D eigenvalue weighted by Gasteiger charge is 2.21. The van der Waals surface area contributed by atoms with Gasteiger partial charge in [0, 0.05) is 25.3 Å². The summed E-state index contributed by atoms with van der Waals surface area (Å²) in [4.78, 5) is 0. The average molecular weight is 267 g/mol. The fraction of sp³-hybridized carbons (Fsp3) is 1.00. The predicted molar refractivity (Wildman–Crippen MR) is 81.5 cm³/mol. The topological polar surface area (TPSA) is 21.3 Å². The van der Waals surface area contributed by atoms with E-state index in [1.54, 1.807) is 0 Å². The van der Waals surface area contributed by atoms with Gasteiger partial charge in [0.15, 0.2) is 0 Å². The molecule has 0 aromatic heterocycles. The quantitative estimate of drug-likeness (QED) is 0.751. The molecule has 2 rings (SSSR count). The molecule has 1 N–H and O–H groups in total. The van der Waals surface area contributed by atoms with E-state index < -0.39 is 0 Å². The van der Waals surface area contributed by atoms with Crippen LogP contribution in [0.5, 0.6) is 0 Å². The first kappa shape index (κ1) is 15.3. The number of hydrogen-bond donors (Lipinski definition) is 1. The monoisotopic (exact) mass is 267 g/mol. The van der Waals surface area contributed by atoms with Gasteiger partial charge in [0.1, 0.15) is 0 Å². The Balaban J connectivity index is 1.69. The van der Waals surface area contributed by atoms with Crippen LogP contribution in [0, 0.1) is 5.92 Å². The highest BCUT2D eigenvalue weighted by molar-refractivity contribution is 4.80. The van der Waals surface area contributed by atoms with E-state index in [1.165, 1.54) is 70.6 Å². The third-order valence-corrected chi connectivity index (χ3v) is 4.97. The van der Waals surface area contributed by atoms with Gasteiger partial charge >= 0.3 is 0 Å². The Labute approximate surface area is 119 Å². The van der Waals surface area contributed by atoms with Crippen LogP contribution in [0.25, 0.3) is 0 Å². The molecule has 0 radical (unpaired) electrons. The van der Waals surface area contributed by atoms with Gasteiger partial charge in [-0.05, 0) is 51.4 Å². The van der Waals surface area contributed by atoms with E-state index >= 15 is 0 Å². The van der Waals surface area contributed by atoms with E-state index in [9.17, 15) is 0 Å². The molecule has 0 amide bonds. The minimum Gasteiger partial charge on any atom is -0.381 e. The van der Waals surface area contributed by atoms with Crippen molar-refractivity contribution >= 4 is 0 Å². The van der Waals surface area contributed by atoms with Crippen LogP contribution in [0.15, 0.2) is 0 Å². The molecular formula is C17H33NO. The Morgan fingerprint density at radius 3 is 2.21 bits per heavy atom. The maximum absolute atomic E-state index is 5.61. The lowest BCUT2D eigenvalue weighted by Crippen LogP contribution is -2.37. The van der Waals surface area contributed by atoms with Gasteiger partial charge in [-0.15, -0.1) is 0 Å². The zero-order chi connectivity index (χ0) is 13.3. The van der Waals surface area contributed by atoms with Crippen molar-refractivity contribution in [3.8, 4) is 0 Å². The lowest BCUT2D eigenvalue weighted by atomic mass is 10.0. The molecule has 112 valence electrons. The smallest absolute Gasteiger partial charge is 0.0494 e. The maximum Gasteiger partial charge on any atom is 0.0494 e. The molecule has 2 atom stereocenters. The second-order valence-corrected chi connectivity index (χ2v) is 6.59.